The van der Waals surface area contributed by atoms with Gasteiger partial charge in [0.1, 0.15) is 0 Å². The quantitative estimate of drug-likeness (QED) is 0.722. The van der Waals surface area contributed by atoms with Crippen molar-refractivity contribution in [3.8, 4) is 0 Å². The summed E-state index contributed by atoms with van der Waals surface area (Å²) >= 11 is 5.71. The Morgan fingerprint density at radius 3 is 2.12 bits per heavy atom. The van der Waals surface area contributed by atoms with Crippen LogP contribution in [0.5, 0.6) is 0 Å². The van der Waals surface area contributed by atoms with Gasteiger partial charge >= 0.3 is 0 Å². The largest absolute Gasteiger partial charge is 0.340 e. The second-order valence-electron chi connectivity index (χ2n) is 4.37. The fraction of sp³-hybridized carbons (Fsp3) is 0.917. The Labute approximate surface area is 116 Å². The minimum absolute atomic E-state index is 0. The zero-order valence-electron chi connectivity index (χ0n) is 10.8. The molecule has 0 unspecified atom stereocenters. The molecule has 17 heavy (non-hydrogen) atoms. The van der Waals surface area contributed by atoms with Crippen LogP contribution in [0.2, 0.25) is 0 Å². The average molecular weight is 283 g/mol. The van der Waals surface area contributed by atoms with Gasteiger partial charge in [0.2, 0.25) is 5.91 Å². The van der Waals surface area contributed by atoms with Crippen molar-refractivity contribution in [1.29, 1.82) is 0 Å². The molecule has 0 aromatic heterocycles. The molecular formula is C12H24Cl2N2O. The van der Waals surface area contributed by atoms with Gasteiger partial charge in [0.25, 0.3) is 0 Å². The number of alkyl halides is 1. The number of piperazine rings is 1. The van der Waals surface area contributed by atoms with Gasteiger partial charge in [0.05, 0.1) is 0 Å². The Balaban J connectivity index is 0.00000256. The van der Waals surface area contributed by atoms with Crippen LogP contribution in [0, 0.1) is 5.92 Å². The first-order chi connectivity index (χ1) is 7.72. The lowest BCUT2D eigenvalue weighted by molar-refractivity contribution is -0.137. The maximum absolute atomic E-state index is 12.1. The van der Waals surface area contributed by atoms with Crippen LogP contribution in [0.25, 0.3) is 0 Å². The van der Waals surface area contributed by atoms with E-state index in [4.69, 9.17) is 11.6 Å². The van der Waals surface area contributed by atoms with Crippen molar-refractivity contribution in [3.63, 3.8) is 0 Å². The molecule has 0 bridgehead atoms. The molecule has 0 radical (unpaired) electrons. The highest BCUT2D eigenvalue weighted by molar-refractivity contribution is 6.18. The first kappa shape index (κ1) is 17.0. The number of hydrogen-bond donors (Lipinski definition) is 0. The number of rotatable bonds is 5. The van der Waals surface area contributed by atoms with E-state index in [1.807, 2.05) is 4.90 Å². The molecule has 1 fully saturated rings. The topological polar surface area (TPSA) is 23.6 Å². The molecule has 5 heteroatoms. The molecule has 0 aromatic rings. The predicted octanol–water partition coefficient (Wildman–Crippen LogP) is 2.23. The lowest BCUT2D eigenvalue weighted by Gasteiger charge is -2.36. The molecular weight excluding hydrogens is 259 g/mol. The fourth-order valence-corrected chi connectivity index (χ4v) is 2.45. The molecule has 0 saturated carbocycles. The van der Waals surface area contributed by atoms with Crippen LogP contribution in [0.4, 0.5) is 0 Å². The van der Waals surface area contributed by atoms with E-state index in [-0.39, 0.29) is 18.3 Å². The van der Waals surface area contributed by atoms with Crippen LogP contribution < -0.4 is 0 Å². The normalized spacial score (nSPS) is 17.1. The van der Waals surface area contributed by atoms with Gasteiger partial charge in [-0.05, 0) is 12.8 Å². The summed E-state index contributed by atoms with van der Waals surface area (Å²) in [4.78, 5) is 16.4. The summed E-state index contributed by atoms with van der Waals surface area (Å²) < 4.78 is 0. The van der Waals surface area contributed by atoms with Crippen LogP contribution in [-0.4, -0.2) is 54.3 Å². The minimum atomic E-state index is 0. The summed E-state index contributed by atoms with van der Waals surface area (Å²) in [6.45, 7) is 8.80. The van der Waals surface area contributed by atoms with Gasteiger partial charge in [0, 0.05) is 44.5 Å². The minimum Gasteiger partial charge on any atom is -0.340 e. The fourth-order valence-electron chi connectivity index (χ4n) is 2.21. The molecule has 1 aliphatic rings. The smallest absolute Gasteiger partial charge is 0.225 e. The van der Waals surface area contributed by atoms with E-state index in [1.54, 1.807) is 0 Å². The molecule has 1 aliphatic heterocycles. The lowest BCUT2D eigenvalue weighted by atomic mass is 10.0. The van der Waals surface area contributed by atoms with E-state index in [0.717, 1.165) is 45.6 Å². The molecule has 1 rings (SSSR count). The molecule has 3 nitrogen and oxygen atoms in total. The predicted molar refractivity (Wildman–Crippen MR) is 75.1 cm³/mol. The molecule has 1 heterocycles. The number of carbonyl (C=O) groups is 1. The Bertz CT molecular complexity index is 215. The summed E-state index contributed by atoms with van der Waals surface area (Å²) in [5.41, 5.74) is 0. The Morgan fingerprint density at radius 1 is 1.18 bits per heavy atom. The summed E-state index contributed by atoms with van der Waals surface area (Å²) in [6.07, 6.45) is 1.91. The summed E-state index contributed by atoms with van der Waals surface area (Å²) in [6, 6.07) is 0. The van der Waals surface area contributed by atoms with Gasteiger partial charge < -0.3 is 4.90 Å². The first-order valence-corrected chi connectivity index (χ1v) is 6.83. The van der Waals surface area contributed by atoms with E-state index in [0.29, 0.717) is 11.8 Å². The van der Waals surface area contributed by atoms with E-state index in [2.05, 4.69) is 18.7 Å². The van der Waals surface area contributed by atoms with Crippen LogP contribution in [0.15, 0.2) is 0 Å². The molecule has 1 amide bonds. The lowest BCUT2D eigenvalue weighted by Crippen LogP contribution is -2.50. The average Bonchev–Trinajstić information content (AvgIpc) is 2.32. The third-order valence-corrected chi connectivity index (χ3v) is 3.59. The van der Waals surface area contributed by atoms with Crippen LogP contribution in [-0.2, 0) is 4.79 Å². The van der Waals surface area contributed by atoms with Crippen molar-refractivity contribution in [3.05, 3.63) is 0 Å². The second kappa shape index (κ2) is 9.01. The van der Waals surface area contributed by atoms with Crippen molar-refractivity contribution in [2.24, 2.45) is 5.92 Å². The van der Waals surface area contributed by atoms with Gasteiger partial charge in [-0.25, -0.2) is 0 Å². The van der Waals surface area contributed by atoms with E-state index < -0.39 is 0 Å². The molecule has 0 spiro atoms. The molecule has 0 aliphatic carbocycles. The monoisotopic (exact) mass is 282 g/mol. The number of halogens is 2. The standard InChI is InChI=1S/C12H23ClN2O.ClH/c1-3-11(4-2)12(16)15-9-7-14(6-5-13)8-10-15;/h11H,3-10H2,1-2H3;1H. The van der Waals surface area contributed by atoms with E-state index in [9.17, 15) is 4.79 Å². The molecule has 0 aromatic carbocycles. The third-order valence-electron chi connectivity index (χ3n) is 3.42. The van der Waals surface area contributed by atoms with Crippen LogP contribution in [0.3, 0.4) is 0 Å². The molecule has 1 saturated heterocycles. The molecule has 0 N–H and O–H groups in total. The maximum atomic E-state index is 12.1. The van der Waals surface area contributed by atoms with Crippen molar-refractivity contribution in [1.82, 2.24) is 9.80 Å². The summed E-state index contributed by atoms with van der Waals surface area (Å²) in [5, 5.41) is 0. The SMILES string of the molecule is CCC(CC)C(=O)N1CCN(CCCl)CC1.Cl. The van der Waals surface area contributed by atoms with Crippen molar-refractivity contribution < 1.29 is 4.79 Å². The molecule has 102 valence electrons. The van der Waals surface area contributed by atoms with Gasteiger partial charge in [-0.2, -0.15) is 0 Å². The van der Waals surface area contributed by atoms with E-state index in [1.165, 1.54) is 0 Å². The van der Waals surface area contributed by atoms with Crippen molar-refractivity contribution in [2.75, 3.05) is 38.6 Å². The number of hydrogen-bond acceptors (Lipinski definition) is 2. The first-order valence-electron chi connectivity index (χ1n) is 6.30. The Kier molecular flexibility index (Phi) is 9.01. The summed E-state index contributed by atoms with van der Waals surface area (Å²) in [5.74, 6) is 1.25. The number of amides is 1. The highest BCUT2D eigenvalue weighted by Gasteiger charge is 2.24. The zero-order valence-corrected chi connectivity index (χ0v) is 12.4. The summed E-state index contributed by atoms with van der Waals surface area (Å²) in [7, 11) is 0. The number of carbonyl (C=O) groups excluding carboxylic acids is 1. The number of nitrogens with zero attached hydrogens (tertiary/aromatic N) is 2. The third kappa shape index (κ3) is 5.02. The zero-order chi connectivity index (χ0) is 12.0. The highest BCUT2D eigenvalue weighted by atomic mass is 35.5. The highest BCUT2D eigenvalue weighted by Crippen LogP contribution is 2.13. The van der Waals surface area contributed by atoms with Gasteiger partial charge in [-0.1, -0.05) is 13.8 Å². The second-order valence-corrected chi connectivity index (χ2v) is 4.75. The maximum Gasteiger partial charge on any atom is 0.225 e. The van der Waals surface area contributed by atoms with Crippen LogP contribution in [0.1, 0.15) is 26.7 Å². The van der Waals surface area contributed by atoms with Gasteiger partial charge in [-0.15, -0.1) is 24.0 Å². The Morgan fingerprint density at radius 2 is 1.71 bits per heavy atom. The molecule has 0 atom stereocenters. The van der Waals surface area contributed by atoms with Gasteiger partial charge in [0.15, 0.2) is 0 Å². The van der Waals surface area contributed by atoms with Gasteiger partial charge in [-0.3, -0.25) is 9.69 Å². The van der Waals surface area contributed by atoms with Crippen molar-refractivity contribution >= 4 is 29.9 Å². The van der Waals surface area contributed by atoms with Crippen LogP contribution >= 0.6 is 24.0 Å². The van der Waals surface area contributed by atoms with Crippen molar-refractivity contribution in [2.45, 2.75) is 26.7 Å². The van der Waals surface area contributed by atoms with E-state index >= 15 is 0 Å². The Hall–Kier alpha value is 0.01000.